The lowest BCUT2D eigenvalue weighted by atomic mass is 9.79. The Kier molecular flexibility index (Phi) is 7.46. The number of rotatable bonds is 8. The summed E-state index contributed by atoms with van der Waals surface area (Å²) in [5.74, 6) is -1.11. The minimum atomic E-state index is -0.929. The highest BCUT2D eigenvalue weighted by molar-refractivity contribution is 5.98. The Morgan fingerprint density at radius 1 is 1.13 bits per heavy atom. The van der Waals surface area contributed by atoms with Gasteiger partial charge >= 0.3 is 0 Å². The van der Waals surface area contributed by atoms with Gasteiger partial charge in [0, 0.05) is 6.42 Å². The number of aromatic hydroxyl groups is 1. The van der Waals surface area contributed by atoms with Crippen molar-refractivity contribution in [1.29, 1.82) is 0 Å². The van der Waals surface area contributed by atoms with Crippen molar-refractivity contribution in [3.05, 3.63) is 58.7 Å². The summed E-state index contributed by atoms with van der Waals surface area (Å²) in [6, 6.07) is 8.18. The van der Waals surface area contributed by atoms with Crippen LogP contribution in [0.2, 0.25) is 0 Å². The van der Waals surface area contributed by atoms with Crippen molar-refractivity contribution in [3.63, 3.8) is 0 Å². The molecule has 3 rings (SSSR count). The van der Waals surface area contributed by atoms with E-state index in [1.165, 1.54) is 25.0 Å². The molecule has 30 heavy (non-hydrogen) atoms. The first-order chi connectivity index (χ1) is 14.4. The van der Waals surface area contributed by atoms with Gasteiger partial charge in [-0.05, 0) is 73.8 Å². The molecule has 1 N–H and O–H groups in total. The molecule has 0 spiro atoms. The highest BCUT2D eigenvalue weighted by Crippen LogP contribution is 2.36. The molecule has 0 atom stereocenters. The maximum Gasteiger partial charge on any atom is 0.207 e. The summed E-state index contributed by atoms with van der Waals surface area (Å²) in [6.07, 6.45) is 5.53. The summed E-state index contributed by atoms with van der Waals surface area (Å²) in [5.41, 5.74) is 1.57. The van der Waals surface area contributed by atoms with Crippen LogP contribution in [-0.4, -0.2) is 17.5 Å². The van der Waals surface area contributed by atoms with Crippen LogP contribution in [-0.2, 0) is 6.42 Å². The van der Waals surface area contributed by atoms with Gasteiger partial charge in [-0.15, -0.1) is 0 Å². The smallest absolute Gasteiger partial charge is 0.207 e. The van der Waals surface area contributed by atoms with Gasteiger partial charge in [0.15, 0.2) is 17.3 Å². The van der Waals surface area contributed by atoms with E-state index in [0.29, 0.717) is 24.3 Å². The molecule has 0 aliphatic heterocycles. The zero-order valence-corrected chi connectivity index (χ0v) is 17.7. The second kappa shape index (κ2) is 10.1. The fraction of sp³-hybridized carbons (Fsp3) is 0.480. The van der Waals surface area contributed by atoms with Crippen LogP contribution in [0, 0.1) is 17.6 Å². The lowest BCUT2D eigenvalue weighted by Crippen LogP contribution is -2.11. The van der Waals surface area contributed by atoms with Gasteiger partial charge in [0.2, 0.25) is 5.82 Å². The number of carbonyl (C=O) groups is 1. The first-order valence-corrected chi connectivity index (χ1v) is 10.9. The molecule has 0 radical (unpaired) electrons. The molecular weight excluding hydrogens is 386 g/mol. The van der Waals surface area contributed by atoms with Gasteiger partial charge in [-0.1, -0.05) is 31.9 Å². The molecule has 3 nitrogen and oxygen atoms in total. The van der Waals surface area contributed by atoms with Gasteiger partial charge in [0.05, 0.1) is 12.2 Å². The van der Waals surface area contributed by atoms with E-state index in [4.69, 9.17) is 4.74 Å². The summed E-state index contributed by atoms with van der Waals surface area (Å²) in [6.45, 7) is 4.23. The molecule has 0 heterocycles. The van der Waals surface area contributed by atoms with Crippen LogP contribution >= 0.6 is 0 Å². The normalized spacial score (nSPS) is 18.9. The van der Waals surface area contributed by atoms with Crippen LogP contribution in [0.4, 0.5) is 8.78 Å². The number of hydrogen-bond donors (Lipinski definition) is 1. The molecule has 0 saturated heterocycles. The van der Waals surface area contributed by atoms with Crippen LogP contribution in [0.1, 0.15) is 79.8 Å². The summed E-state index contributed by atoms with van der Waals surface area (Å²) < 4.78 is 33.7. The Hall–Kier alpha value is -2.43. The molecule has 0 bridgehead atoms. The van der Waals surface area contributed by atoms with Crippen molar-refractivity contribution in [2.24, 2.45) is 5.92 Å². The van der Waals surface area contributed by atoms with Gasteiger partial charge in [0.25, 0.3) is 0 Å². The van der Waals surface area contributed by atoms with E-state index in [0.717, 1.165) is 24.3 Å². The van der Waals surface area contributed by atoms with Crippen LogP contribution in [0.25, 0.3) is 0 Å². The third-order valence-corrected chi connectivity index (χ3v) is 6.10. The van der Waals surface area contributed by atoms with E-state index in [-0.39, 0.29) is 35.9 Å². The third kappa shape index (κ3) is 5.18. The minimum Gasteiger partial charge on any atom is -0.504 e. The van der Waals surface area contributed by atoms with Crippen molar-refractivity contribution in [2.45, 2.75) is 64.7 Å². The lowest BCUT2D eigenvalue weighted by Gasteiger charge is -2.26. The highest BCUT2D eigenvalue weighted by atomic mass is 19.1. The first kappa shape index (κ1) is 22.3. The van der Waals surface area contributed by atoms with Crippen molar-refractivity contribution in [3.8, 4) is 11.5 Å². The number of benzene rings is 2. The van der Waals surface area contributed by atoms with E-state index in [1.54, 1.807) is 13.0 Å². The number of carbonyl (C=O) groups excluding carboxylic acids is 1. The third-order valence-electron chi connectivity index (χ3n) is 6.10. The fourth-order valence-electron chi connectivity index (χ4n) is 4.23. The Balaban J connectivity index is 1.57. The quantitative estimate of drug-likeness (QED) is 0.495. The van der Waals surface area contributed by atoms with Gasteiger partial charge < -0.3 is 9.84 Å². The number of ketones is 1. The average Bonchev–Trinajstić information content (AvgIpc) is 2.73. The van der Waals surface area contributed by atoms with E-state index in [2.05, 4.69) is 6.92 Å². The number of phenolic OH excluding ortho intramolecular Hbond substituents is 1. The average molecular weight is 417 g/mol. The SMILES string of the molecule is CCOc1ccc(C(=O)CCCc2ccc(C3CCC(C)CC3)cc2F)c(O)c1F. The predicted octanol–water partition coefficient (Wildman–Crippen LogP) is 6.57. The molecule has 5 heteroatoms. The van der Waals surface area contributed by atoms with E-state index < -0.39 is 11.6 Å². The topological polar surface area (TPSA) is 46.5 Å². The fourth-order valence-corrected chi connectivity index (χ4v) is 4.23. The summed E-state index contributed by atoms with van der Waals surface area (Å²) in [5, 5.41) is 9.97. The van der Waals surface area contributed by atoms with Gasteiger partial charge in [-0.25, -0.2) is 4.39 Å². The Labute approximate surface area is 177 Å². The number of aryl methyl sites for hydroxylation is 1. The largest absolute Gasteiger partial charge is 0.504 e. The Morgan fingerprint density at radius 3 is 2.53 bits per heavy atom. The number of Topliss-reactive ketones (excluding diaryl/α,β-unsaturated/α-hetero) is 1. The van der Waals surface area contributed by atoms with Gasteiger partial charge in [0.1, 0.15) is 5.82 Å². The lowest BCUT2D eigenvalue weighted by molar-refractivity contribution is 0.0976. The first-order valence-electron chi connectivity index (χ1n) is 10.9. The molecule has 2 aromatic carbocycles. The van der Waals surface area contributed by atoms with Gasteiger partial charge in [-0.2, -0.15) is 4.39 Å². The molecule has 1 fully saturated rings. The van der Waals surface area contributed by atoms with E-state index in [1.807, 2.05) is 12.1 Å². The van der Waals surface area contributed by atoms with Crippen molar-refractivity contribution in [2.75, 3.05) is 6.61 Å². The molecule has 0 unspecified atom stereocenters. The zero-order chi connectivity index (χ0) is 21.7. The van der Waals surface area contributed by atoms with Crippen molar-refractivity contribution in [1.82, 2.24) is 0 Å². The van der Waals surface area contributed by atoms with Crippen LogP contribution < -0.4 is 4.74 Å². The Bertz CT molecular complexity index is 886. The molecule has 1 aliphatic rings. The summed E-state index contributed by atoms with van der Waals surface area (Å²) in [7, 11) is 0. The van der Waals surface area contributed by atoms with Crippen molar-refractivity contribution >= 4 is 5.78 Å². The van der Waals surface area contributed by atoms with Crippen LogP contribution in [0.3, 0.4) is 0 Å². The molecular formula is C25H30F2O3. The predicted molar refractivity (Wildman–Crippen MR) is 113 cm³/mol. The second-order valence-electron chi connectivity index (χ2n) is 8.29. The minimum absolute atomic E-state index is 0.0710. The van der Waals surface area contributed by atoms with Gasteiger partial charge in [-0.3, -0.25) is 4.79 Å². The molecule has 1 saturated carbocycles. The zero-order valence-electron chi connectivity index (χ0n) is 17.7. The molecule has 162 valence electrons. The molecule has 0 aromatic heterocycles. The van der Waals surface area contributed by atoms with Crippen LogP contribution in [0.5, 0.6) is 11.5 Å². The standard InChI is InChI=1S/C25H30F2O3/c1-3-30-23-14-13-20(25(29)24(23)27)22(28)6-4-5-18-11-12-19(15-21(18)26)17-9-7-16(2)8-10-17/h11-17,29H,3-10H2,1-2H3. The second-order valence-corrected chi connectivity index (χ2v) is 8.29. The number of ether oxygens (including phenoxy) is 1. The van der Waals surface area contributed by atoms with E-state index >= 15 is 0 Å². The Morgan fingerprint density at radius 2 is 1.87 bits per heavy atom. The number of phenols is 1. The summed E-state index contributed by atoms with van der Waals surface area (Å²) in [4.78, 5) is 12.4. The maximum absolute atomic E-state index is 14.6. The molecule has 1 aliphatic carbocycles. The molecule has 2 aromatic rings. The van der Waals surface area contributed by atoms with E-state index in [9.17, 15) is 18.7 Å². The maximum atomic E-state index is 14.6. The van der Waals surface area contributed by atoms with Crippen LogP contribution in [0.15, 0.2) is 30.3 Å². The highest BCUT2D eigenvalue weighted by Gasteiger charge is 2.21. The summed E-state index contributed by atoms with van der Waals surface area (Å²) >= 11 is 0. The monoisotopic (exact) mass is 416 g/mol. The number of hydrogen-bond acceptors (Lipinski definition) is 3. The molecule has 0 amide bonds. The number of halogens is 2. The van der Waals surface area contributed by atoms with Crippen molar-refractivity contribution < 1.29 is 23.4 Å².